The topological polar surface area (TPSA) is 111 Å². The Bertz CT molecular complexity index is 1490. The Kier molecular flexibility index (Phi) is 6.39. The van der Waals surface area contributed by atoms with Crippen LogP contribution >= 0.6 is 23.2 Å². The van der Waals surface area contributed by atoms with E-state index in [-0.39, 0.29) is 10.7 Å². The van der Waals surface area contributed by atoms with E-state index in [1.807, 2.05) is 0 Å². The van der Waals surface area contributed by atoms with Gasteiger partial charge in [0.15, 0.2) is 23.0 Å². The third-order valence-electron chi connectivity index (χ3n) is 5.02. The van der Waals surface area contributed by atoms with Gasteiger partial charge in [0.2, 0.25) is 0 Å². The summed E-state index contributed by atoms with van der Waals surface area (Å²) in [6, 6.07) is 5.37. The summed E-state index contributed by atoms with van der Waals surface area (Å²) in [6.07, 6.45) is -4.29. The van der Waals surface area contributed by atoms with Gasteiger partial charge < -0.3 is 19.5 Å². The molecule has 0 fully saturated rings. The molecule has 0 saturated heterocycles. The van der Waals surface area contributed by atoms with Gasteiger partial charge in [-0.2, -0.15) is 18.3 Å². The SMILES string of the molecule is [B]c1c(O)c(O)c(Cl)c(-c2noc(-c3cnn(-c4cccc(Cl)c4)c3C(F)(F)F)c2C(=O)OC)c1F. The Hall–Kier alpha value is -3.71. The quantitative estimate of drug-likeness (QED) is 0.167. The van der Waals surface area contributed by atoms with Gasteiger partial charge in [-0.25, -0.2) is 13.9 Å². The van der Waals surface area contributed by atoms with Gasteiger partial charge in [-0.05, 0) is 23.7 Å². The molecule has 2 radical (unpaired) electrons. The smallest absolute Gasteiger partial charge is 0.434 e. The first kappa shape index (κ1) is 25.4. The zero-order chi connectivity index (χ0) is 26.5. The molecule has 0 saturated carbocycles. The number of halogens is 6. The molecule has 15 heteroatoms. The number of hydrogen-bond donors (Lipinski definition) is 2. The molecule has 8 nitrogen and oxygen atoms in total. The van der Waals surface area contributed by atoms with Crippen molar-refractivity contribution in [3.8, 4) is 39.8 Å². The minimum absolute atomic E-state index is 0.0641. The van der Waals surface area contributed by atoms with Crippen molar-refractivity contribution in [2.75, 3.05) is 7.11 Å². The molecule has 0 spiro atoms. The fraction of sp³-hybridized carbons (Fsp3) is 0.0952. The molecule has 2 aromatic heterocycles. The third-order valence-corrected chi connectivity index (χ3v) is 5.62. The molecular weight excluding hydrogens is 532 g/mol. The lowest BCUT2D eigenvalue weighted by molar-refractivity contribution is -0.142. The van der Waals surface area contributed by atoms with Gasteiger partial charge in [-0.15, -0.1) is 0 Å². The van der Waals surface area contributed by atoms with E-state index in [2.05, 4.69) is 15.0 Å². The van der Waals surface area contributed by atoms with Gasteiger partial charge in [0.1, 0.15) is 24.9 Å². The molecule has 0 aliphatic heterocycles. The molecule has 0 amide bonds. The summed E-state index contributed by atoms with van der Waals surface area (Å²) in [5, 5.41) is 26.3. The number of methoxy groups -OCH3 is 1. The van der Waals surface area contributed by atoms with Crippen LogP contribution in [0.5, 0.6) is 11.5 Å². The number of rotatable bonds is 4. The molecular formula is C21H10BCl2F4N3O5. The predicted molar refractivity (Wildman–Crippen MR) is 120 cm³/mol. The Morgan fingerprint density at radius 1 is 1.22 bits per heavy atom. The Balaban J connectivity index is 2.05. The highest BCUT2D eigenvalue weighted by Crippen LogP contribution is 2.45. The maximum Gasteiger partial charge on any atom is 0.434 e. The van der Waals surface area contributed by atoms with Crippen molar-refractivity contribution in [2.24, 2.45) is 0 Å². The highest BCUT2D eigenvalue weighted by molar-refractivity contribution is 6.39. The number of ether oxygens (including phenoxy) is 1. The van der Waals surface area contributed by atoms with Crippen LogP contribution in [-0.2, 0) is 10.9 Å². The van der Waals surface area contributed by atoms with Gasteiger partial charge in [0.25, 0.3) is 0 Å². The standard InChI is InChI=1S/C21H10BCl2F4N3O5/c1-35-20(34)11-15(10-13(24)17(33)16(32)12(22)14(10)25)30-36-18(11)9-6-29-31(19(9)21(26,27)28)8-4-2-3-7(23)5-8/h2-6,32-33H,1H3. The fourth-order valence-electron chi connectivity index (χ4n) is 3.42. The summed E-state index contributed by atoms with van der Waals surface area (Å²) in [6.45, 7) is 0. The largest absolute Gasteiger partial charge is 0.505 e. The number of nitrogens with zero attached hydrogens (tertiary/aromatic N) is 3. The fourth-order valence-corrected chi connectivity index (χ4v) is 3.87. The minimum atomic E-state index is -5.04. The van der Waals surface area contributed by atoms with Crippen LogP contribution in [0, 0.1) is 5.82 Å². The Labute approximate surface area is 210 Å². The molecule has 0 aliphatic rings. The molecule has 4 rings (SSSR count). The second-order valence-corrected chi connectivity index (χ2v) is 7.95. The number of phenolic OH excluding ortho intramolecular Hbond substituents is 2. The van der Waals surface area contributed by atoms with Crippen LogP contribution in [0.2, 0.25) is 10.0 Å². The monoisotopic (exact) mass is 541 g/mol. The van der Waals surface area contributed by atoms with Crippen LogP contribution in [0.3, 0.4) is 0 Å². The van der Waals surface area contributed by atoms with Gasteiger partial charge in [0, 0.05) is 5.02 Å². The lowest BCUT2D eigenvalue weighted by Gasteiger charge is -2.13. The van der Waals surface area contributed by atoms with Crippen molar-refractivity contribution >= 4 is 42.5 Å². The highest BCUT2D eigenvalue weighted by Gasteiger charge is 2.42. The van der Waals surface area contributed by atoms with Gasteiger partial charge in [-0.1, -0.05) is 34.4 Å². The molecule has 0 unspecified atom stereocenters. The summed E-state index contributed by atoms with van der Waals surface area (Å²) >= 11 is 11.8. The minimum Gasteiger partial charge on any atom is -0.505 e. The van der Waals surface area contributed by atoms with E-state index in [4.69, 9.17) is 35.6 Å². The van der Waals surface area contributed by atoms with E-state index in [0.29, 0.717) is 4.68 Å². The van der Waals surface area contributed by atoms with Crippen LogP contribution in [0.15, 0.2) is 35.0 Å². The first-order valence-electron chi connectivity index (χ1n) is 9.56. The lowest BCUT2D eigenvalue weighted by Crippen LogP contribution is -2.15. The van der Waals surface area contributed by atoms with E-state index in [1.54, 1.807) is 0 Å². The van der Waals surface area contributed by atoms with Crippen LogP contribution < -0.4 is 5.46 Å². The van der Waals surface area contributed by atoms with Crippen molar-refractivity contribution in [1.82, 2.24) is 14.9 Å². The van der Waals surface area contributed by atoms with E-state index in [9.17, 15) is 32.6 Å². The number of carbonyl (C=O) groups is 1. The molecule has 2 N–H and O–H groups in total. The first-order chi connectivity index (χ1) is 16.9. The van der Waals surface area contributed by atoms with Crippen molar-refractivity contribution in [3.05, 3.63) is 57.6 Å². The number of carbonyl (C=O) groups excluding carboxylic acids is 1. The van der Waals surface area contributed by atoms with E-state index in [1.165, 1.54) is 24.3 Å². The Morgan fingerprint density at radius 2 is 1.92 bits per heavy atom. The average molecular weight is 542 g/mol. The van der Waals surface area contributed by atoms with E-state index in [0.717, 1.165) is 13.3 Å². The number of esters is 1. The molecule has 4 aromatic rings. The van der Waals surface area contributed by atoms with Crippen LogP contribution in [0.1, 0.15) is 16.1 Å². The Morgan fingerprint density at radius 3 is 2.53 bits per heavy atom. The maximum atomic E-state index is 15.0. The molecule has 0 aliphatic carbocycles. The van der Waals surface area contributed by atoms with Crippen LogP contribution in [0.25, 0.3) is 28.3 Å². The summed E-state index contributed by atoms with van der Waals surface area (Å²) < 4.78 is 67.8. The summed E-state index contributed by atoms with van der Waals surface area (Å²) in [7, 11) is 6.34. The summed E-state index contributed by atoms with van der Waals surface area (Å²) in [5.41, 5.74) is -5.51. The molecule has 2 heterocycles. The van der Waals surface area contributed by atoms with Crippen LogP contribution in [-0.4, -0.2) is 46.1 Å². The molecule has 36 heavy (non-hydrogen) atoms. The number of alkyl halides is 3. The normalized spacial score (nSPS) is 11.6. The highest BCUT2D eigenvalue weighted by atomic mass is 35.5. The second kappa shape index (κ2) is 9.06. The number of phenols is 2. The summed E-state index contributed by atoms with van der Waals surface area (Å²) in [4.78, 5) is 12.6. The maximum absolute atomic E-state index is 15.0. The lowest BCUT2D eigenvalue weighted by atomic mass is 9.89. The number of hydrogen-bond acceptors (Lipinski definition) is 7. The number of aromatic hydroxyl groups is 2. The van der Waals surface area contributed by atoms with Gasteiger partial charge in [0.05, 0.1) is 35.1 Å². The van der Waals surface area contributed by atoms with Crippen molar-refractivity contribution in [2.45, 2.75) is 6.18 Å². The summed E-state index contributed by atoms with van der Waals surface area (Å²) in [5.74, 6) is -5.65. The third kappa shape index (κ3) is 4.03. The van der Waals surface area contributed by atoms with Crippen molar-refractivity contribution in [3.63, 3.8) is 0 Å². The van der Waals surface area contributed by atoms with E-state index < -0.39 is 73.8 Å². The van der Waals surface area contributed by atoms with Gasteiger partial charge >= 0.3 is 12.1 Å². The average Bonchev–Trinajstić information content (AvgIpc) is 3.46. The zero-order valence-electron chi connectivity index (χ0n) is 17.7. The second-order valence-electron chi connectivity index (χ2n) is 7.14. The zero-order valence-corrected chi connectivity index (χ0v) is 19.2. The predicted octanol–water partition coefficient (Wildman–Crippen LogP) is 4.65. The molecule has 184 valence electrons. The molecule has 0 bridgehead atoms. The van der Waals surface area contributed by atoms with E-state index >= 15 is 0 Å². The van der Waals surface area contributed by atoms with Gasteiger partial charge in [-0.3, -0.25) is 0 Å². The molecule has 0 atom stereocenters. The number of aromatic nitrogens is 3. The van der Waals surface area contributed by atoms with Crippen molar-refractivity contribution in [1.29, 1.82) is 0 Å². The number of benzene rings is 2. The first-order valence-corrected chi connectivity index (χ1v) is 10.3. The van der Waals surface area contributed by atoms with Crippen LogP contribution in [0.4, 0.5) is 17.6 Å². The molecule has 2 aromatic carbocycles. The van der Waals surface area contributed by atoms with Crippen molar-refractivity contribution < 1.29 is 41.8 Å².